The van der Waals surface area contributed by atoms with Crippen LogP contribution in [0.5, 0.6) is 0 Å². The first-order valence-corrected chi connectivity index (χ1v) is 9.76. The van der Waals surface area contributed by atoms with Crippen molar-refractivity contribution in [3.63, 3.8) is 0 Å². The lowest BCUT2D eigenvalue weighted by Gasteiger charge is -2.38. The smallest absolute Gasteiger partial charge is 0.298 e. The minimum absolute atomic E-state index is 0.0487. The summed E-state index contributed by atoms with van der Waals surface area (Å²) in [4.78, 5) is 21.8. The number of nitrogens with zero attached hydrogens (tertiary/aromatic N) is 3. The first-order valence-electron chi connectivity index (χ1n) is 9.76. The monoisotopic (exact) mass is 354 g/mol. The number of rotatable bonds is 2. The predicted molar refractivity (Wildman–Crippen MR) is 99.8 cm³/mol. The number of nitrogens with two attached hydrogens (primary N) is 1. The van der Waals surface area contributed by atoms with Crippen molar-refractivity contribution >= 4 is 23.0 Å². The van der Waals surface area contributed by atoms with Crippen LogP contribution in [0.25, 0.3) is 11.1 Å². The summed E-state index contributed by atoms with van der Waals surface area (Å²) < 4.78 is 5.91. The van der Waals surface area contributed by atoms with Crippen molar-refractivity contribution in [1.82, 2.24) is 9.88 Å². The van der Waals surface area contributed by atoms with Gasteiger partial charge in [0.2, 0.25) is 5.91 Å². The molecule has 1 aromatic heterocycles. The van der Waals surface area contributed by atoms with Crippen LogP contribution in [-0.4, -0.2) is 48.0 Å². The lowest BCUT2D eigenvalue weighted by molar-refractivity contribution is -0.138. The third-order valence-electron chi connectivity index (χ3n) is 6.66. The molecule has 2 N–H and O–H groups in total. The molecule has 2 aliphatic carbocycles. The zero-order chi connectivity index (χ0) is 17.8. The largest absolute Gasteiger partial charge is 0.423 e. The Labute approximate surface area is 153 Å². The minimum Gasteiger partial charge on any atom is -0.423 e. The second kappa shape index (κ2) is 5.98. The average Bonchev–Trinajstić information content (AvgIpc) is 3.35. The molecule has 0 spiro atoms. The van der Waals surface area contributed by atoms with E-state index < -0.39 is 0 Å². The molecule has 1 aromatic carbocycles. The highest BCUT2D eigenvalue weighted by molar-refractivity contribution is 5.81. The van der Waals surface area contributed by atoms with Crippen LogP contribution >= 0.6 is 0 Å². The van der Waals surface area contributed by atoms with Gasteiger partial charge in [-0.25, -0.2) is 0 Å². The molecule has 6 nitrogen and oxygen atoms in total. The molecule has 2 bridgehead atoms. The standard InChI is InChI=1S/C20H26N4O2/c1-12-2-5-16-15(10-12)22-20(26-16)24-8-6-23(7-9-24)19(25)17-13-3-4-14(11-13)18(17)21/h2,5,10,13-14,17-18H,3-4,6-9,11,21H2,1H3. The van der Waals surface area contributed by atoms with E-state index in [2.05, 4.69) is 16.8 Å². The van der Waals surface area contributed by atoms with Gasteiger partial charge in [0.05, 0.1) is 5.92 Å². The number of anilines is 1. The number of hydrogen-bond acceptors (Lipinski definition) is 5. The van der Waals surface area contributed by atoms with E-state index in [4.69, 9.17) is 10.2 Å². The Kier molecular flexibility index (Phi) is 3.71. The maximum Gasteiger partial charge on any atom is 0.298 e. The molecule has 3 aliphatic rings. The zero-order valence-electron chi connectivity index (χ0n) is 15.2. The fraction of sp³-hybridized carbons (Fsp3) is 0.600. The fourth-order valence-corrected chi connectivity index (χ4v) is 5.19. The highest BCUT2D eigenvalue weighted by Gasteiger charge is 2.50. The topological polar surface area (TPSA) is 75.6 Å². The van der Waals surface area contributed by atoms with Gasteiger partial charge in [-0.3, -0.25) is 4.79 Å². The Morgan fingerprint density at radius 2 is 1.96 bits per heavy atom. The number of hydrogen-bond donors (Lipinski definition) is 1. The molecule has 4 atom stereocenters. The molecule has 1 amide bonds. The summed E-state index contributed by atoms with van der Waals surface area (Å²) in [5.41, 5.74) is 9.25. The zero-order valence-corrected chi connectivity index (χ0v) is 15.2. The molecule has 2 heterocycles. The van der Waals surface area contributed by atoms with Crippen LogP contribution in [-0.2, 0) is 4.79 Å². The summed E-state index contributed by atoms with van der Waals surface area (Å²) in [5.74, 6) is 1.41. The van der Waals surface area contributed by atoms with E-state index in [-0.39, 0.29) is 17.9 Å². The van der Waals surface area contributed by atoms with Crippen LogP contribution in [0, 0.1) is 24.7 Å². The SMILES string of the molecule is Cc1ccc2oc(N3CCN(C(=O)C4C5CCC(C5)C4N)CC3)nc2c1. The maximum atomic E-state index is 13.0. The third-order valence-corrected chi connectivity index (χ3v) is 6.66. The quantitative estimate of drug-likeness (QED) is 0.894. The first kappa shape index (κ1) is 16.1. The number of fused-ring (bicyclic) bond motifs is 3. The first-order chi connectivity index (χ1) is 12.6. The van der Waals surface area contributed by atoms with E-state index in [1.165, 1.54) is 18.4 Å². The molecule has 1 saturated heterocycles. The molecule has 138 valence electrons. The number of aryl methyl sites for hydroxylation is 1. The number of benzene rings is 1. The van der Waals surface area contributed by atoms with Gasteiger partial charge in [0, 0.05) is 32.2 Å². The van der Waals surface area contributed by atoms with E-state index in [1.807, 2.05) is 23.1 Å². The molecule has 2 saturated carbocycles. The van der Waals surface area contributed by atoms with Crippen molar-refractivity contribution in [2.75, 3.05) is 31.1 Å². The molecule has 26 heavy (non-hydrogen) atoms. The average molecular weight is 354 g/mol. The highest BCUT2D eigenvalue weighted by Crippen LogP contribution is 2.48. The van der Waals surface area contributed by atoms with E-state index in [0.29, 0.717) is 17.9 Å². The maximum absolute atomic E-state index is 13.0. The number of carbonyl (C=O) groups excluding carboxylic acids is 1. The summed E-state index contributed by atoms with van der Waals surface area (Å²) in [6.45, 7) is 5.01. The van der Waals surface area contributed by atoms with Crippen LogP contribution in [0.1, 0.15) is 24.8 Å². The Balaban J connectivity index is 1.26. The van der Waals surface area contributed by atoms with Crippen LogP contribution in [0.15, 0.2) is 22.6 Å². The molecule has 2 aromatic rings. The van der Waals surface area contributed by atoms with Crippen molar-refractivity contribution in [3.05, 3.63) is 23.8 Å². The van der Waals surface area contributed by atoms with Crippen molar-refractivity contribution in [1.29, 1.82) is 0 Å². The second-order valence-electron chi connectivity index (χ2n) is 8.22. The molecule has 3 fully saturated rings. The molecular weight excluding hydrogens is 328 g/mol. The van der Waals surface area contributed by atoms with Gasteiger partial charge in [0.15, 0.2) is 5.58 Å². The molecule has 5 rings (SSSR count). The lowest BCUT2D eigenvalue weighted by Crippen LogP contribution is -2.54. The Morgan fingerprint density at radius 1 is 1.19 bits per heavy atom. The van der Waals surface area contributed by atoms with Crippen LogP contribution in [0.2, 0.25) is 0 Å². The number of aromatic nitrogens is 1. The second-order valence-corrected chi connectivity index (χ2v) is 8.22. The van der Waals surface area contributed by atoms with Gasteiger partial charge in [-0.15, -0.1) is 0 Å². The number of piperazine rings is 1. The van der Waals surface area contributed by atoms with Gasteiger partial charge in [-0.2, -0.15) is 4.98 Å². The summed E-state index contributed by atoms with van der Waals surface area (Å²) in [5, 5.41) is 0. The van der Waals surface area contributed by atoms with Gasteiger partial charge in [-0.05, 0) is 55.7 Å². The predicted octanol–water partition coefficient (Wildman–Crippen LogP) is 2.16. The molecule has 4 unspecified atom stereocenters. The van der Waals surface area contributed by atoms with Crippen molar-refractivity contribution in [2.45, 2.75) is 32.2 Å². The summed E-state index contributed by atoms with van der Waals surface area (Å²) in [6.07, 6.45) is 3.54. The van der Waals surface area contributed by atoms with Crippen LogP contribution in [0.4, 0.5) is 6.01 Å². The van der Waals surface area contributed by atoms with Gasteiger partial charge >= 0.3 is 0 Å². The van der Waals surface area contributed by atoms with Gasteiger partial charge in [-0.1, -0.05) is 6.07 Å². The minimum atomic E-state index is 0.0487. The normalized spacial score (nSPS) is 31.2. The highest BCUT2D eigenvalue weighted by atomic mass is 16.4. The molecule has 6 heteroatoms. The van der Waals surface area contributed by atoms with Crippen molar-refractivity contribution < 1.29 is 9.21 Å². The summed E-state index contributed by atoms with van der Waals surface area (Å²) in [6, 6.07) is 6.77. The summed E-state index contributed by atoms with van der Waals surface area (Å²) in [7, 11) is 0. The van der Waals surface area contributed by atoms with E-state index >= 15 is 0 Å². The Morgan fingerprint density at radius 3 is 2.69 bits per heavy atom. The van der Waals surface area contributed by atoms with Crippen molar-refractivity contribution in [3.8, 4) is 0 Å². The van der Waals surface area contributed by atoms with Crippen molar-refractivity contribution in [2.24, 2.45) is 23.5 Å². The van der Waals surface area contributed by atoms with E-state index in [9.17, 15) is 4.79 Å². The number of oxazole rings is 1. The molecule has 0 radical (unpaired) electrons. The van der Waals surface area contributed by atoms with Gasteiger partial charge in [0.25, 0.3) is 6.01 Å². The molecular formula is C20H26N4O2. The van der Waals surface area contributed by atoms with Crippen LogP contribution < -0.4 is 10.6 Å². The Bertz CT molecular complexity index is 837. The Hall–Kier alpha value is -2.08. The van der Waals surface area contributed by atoms with E-state index in [0.717, 1.165) is 43.7 Å². The summed E-state index contributed by atoms with van der Waals surface area (Å²) >= 11 is 0. The number of carbonyl (C=O) groups is 1. The van der Waals surface area contributed by atoms with Crippen LogP contribution in [0.3, 0.4) is 0 Å². The van der Waals surface area contributed by atoms with E-state index in [1.54, 1.807) is 0 Å². The van der Waals surface area contributed by atoms with Gasteiger partial charge in [0.1, 0.15) is 5.52 Å². The van der Waals surface area contributed by atoms with Gasteiger partial charge < -0.3 is 20.0 Å². The lowest BCUT2D eigenvalue weighted by atomic mass is 9.84. The fourth-order valence-electron chi connectivity index (χ4n) is 5.19. The third kappa shape index (κ3) is 2.50. The molecule has 1 aliphatic heterocycles. The number of amides is 1.